The van der Waals surface area contributed by atoms with Crippen molar-refractivity contribution in [3.8, 4) is 0 Å². The molecule has 7 heteroatoms. The van der Waals surface area contributed by atoms with Gasteiger partial charge in [-0.2, -0.15) is 0 Å². The van der Waals surface area contributed by atoms with Crippen LogP contribution in [0.5, 0.6) is 0 Å². The fourth-order valence-corrected chi connectivity index (χ4v) is 3.69. The Bertz CT molecular complexity index is 588. The Morgan fingerprint density at radius 3 is 2.40 bits per heavy atom. The van der Waals surface area contributed by atoms with Gasteiger partial charge in [-0.1, -0.05) is 6.07 Å². The van der Waals surface area contributed by atoms with Gasteiger partial charge >= 0.3 is 0 Å². The quantitative estimate of drug-likeness (QED) is 0.884. The van der Waals surface area contributed by atoms with E-state index < -0.39 is 11.6 Å². The lowest BCUT2D eigenvalue weighted by Gasteiger charge is -2.40. The Balaban J connectivity index is 0.00000225. The van der Waals surface area contributed by atoms with Crippen molar-refractivity contribution in [2.24, 2.45) is 5.92 Å². The predicted molar refractivity (Wildman–Crippen MR) is 95.8 cm³/mol. The third-order valence-electron chi connectivity index (χ3n) is 5.27. The number of nitrogens with zero attached hydrogens (tertiary/aromatic N) is 2. The average molecular weight is 374 g/mol. The van der Waals surface area contributed by atoms with Gasteiger partial charge in [0.1, 0.15) is 11.6 Å². The second kappa shape index (κ2) is 8.92. The van der Waals surface area contributed by atoms with Crippen molar-refractivity contribution in [1.82, 2.24) is 15.1 Å². The second-order valence-electron chi connectivity index (χ2n) is 6.73. The molecule has 3 rings (SSSR count). The third-order valence-corrected chi connectivity index (χ3v) is 5.27. The molecule has 4 nitrogen and oxygen atoms in total. The highest BCUT2D eigenvalue weighted by Gasteiger charge is 2.30. The minimum Gasteiger partial charge on any atom is -0.340 e. The molecule has 2 heterocycles. The number of benzene rings is 1. The molecule has 0 saturated carbocycles. The summed E-state index contributed by atoms with van der Waals surface area (Å²) in [6, 6.07) is 3.62. The third kappa shape index (κ3) is 4.68. The van der Waals surface area contributed by atoms with Crippen LogP contribution in [0.2, 0.25) is 0 Å². The summed E-state index contributed by atoms with van der Waals surface area (Å²) < 4.78 is 27.0. The zero-order valence-corrected chi connectivity index (χ0v) is 15.3. The van der Waals surface area contributed by atoms with E-state index in [1.165, 1.54) is 12.1 Å². The Hall–Kier alpha value is -1.24. The molecule has 25 heavy (non-hydrogen) atoms. The van der Waals surface area contributed by atoms with Gasteiger partial charge in [0, 0.05) is 49.8 Å². The number of halogens is 3. The van der Waals surface area contributed by atoms with Crippen molar-refractivity contribution in [3.05, 3.63) is 35.4 Å². The standard InChI is InChI=1S/C18H25F2N3O.ClH/c1-13(16-3-2-15(19)12-17(16)20)22-8-10-23(11-9-22)18(24)14-4-6-21-7-5-14;/h2-3,12-14,21H,4-11H2,1H3;1H. The topological polar surface area (TPSA) is 35.6 Å². The summed E-state index contributed by atoms with van der Waals surface area (Å²) in [5, 5.41) is 3.28. The molecule has 0 aliphatic carbocycles. The van der Waals surface area contributed by atoms with E-state index in [-0.39, 0.29) is 30.3 Å². The molecule has 1 atom stereocenters. The first-order valence-corrected chi connectivity index (χ1v) is 8.75. The van der Waals surface area contributed by atoms with Gasteiger partial charge < -0.3 is 10.2 Å². The number of rotatable bonds is 3. The van der Waals surface area contributed by atoms with Crippen LogP contribution in [0.4, 0.5) is 8.78 Å². The normalized spacial score (nSPS) is 20.8. The predicted octanol–water partition coefficient (Wildman–Crippen LogP) is 2.59. The van der Waals surface area contributed by atoms with Crippen LogP contribution in [-0.4, -0.2) is 55.0 Å². The highest BCUT2D eigenvalue weighted by Crippen LogP contribution is 2.25. The van der Waals surface area contributed by atoms with Crippen LogP contribution in [0.25, 0.3) is 0 Å². The summed E-state index contributed by atoms with van der Waals surface area (Å²) in [7, 11) is 0. The molecule has 1 amide bonds. The number of carbonyl (C=O) groups excluding carboxylic acids is 1. The minimum absolute atomic E-state index is 0. The van der Waals surface area contributed by atoms with E-state index in [0.717, 1.165) is 32.0 Å². The molecule has 0 radical (unpaired) electrons. The van der Waals surface area contributed by atoms with E-state index >= 15 is 0 Å². The van der Waals surface area contributed by atoms with Crippen LogP contribution >= 0.6 is 12.4 Å². The van der Waals surface area contributed by atoms with Crippen molar-refractivity contribution in [3.63, 3.8) is 0 Å². The van der Waals surface area contributed by atoms with Gasteiger partial charge in [-0.25, -0.2) is 8.78 Å². The maximum Gasteiger partial charge on any atom is 0.225 e. The fraction of sp³-hybridized carbons (Fsp3) is 0.611. The van der Waals surface area contributed by atoms with E-state index in [9.17, 15) is 13.6 Å². The zero-order chi connectivity index (χ0) is 17.1. The number of nitrogens with one attached hydrogen (secondary N) is 1. The lowest BCUT2D eigenvalue weighted by Crippen LogP contribution is -2.51. The number of piperidine rings is 1. The van der Waals surface area contributed by atoms with Gasteiger partial charge in [-0.15, -0.1) is 12.4 Å². The molecule has 2 aliphatic rings. The summed E-state index contributed by atoms with van der Waals surface area (Å²) in [6.45, 7) is 6.55. The highest BCUT2D eigenvalue weighted by molar-refractivity contribution is 5.85. The molecule has 0 aromatic heterocycles. The van der Waals surface area contributed by atoms with Crippen LogP contribution < -0.4 is 5.32 Å². The first kappa shape index (κ1) is 20.1. The molecule has 2 saturated heterocycles. The molecule has 1 N–H and O–H groups in total. The van der Waals surface area contributed by atoms with E-state index in [0.29, 0.717) is 31.7 Å². The van der Waals surface area contributed by atoms with Crippen LogP contribution in [0.15, 0.2) is 18.2 Å². The average Bonchev–Trinajstić information content (AvgIpc) is 2.61. The van der Waals surface area contributed by atoms with Crippen LogP contribution in [0.3, 0.4) is 0 Å². The molecular formula is C18H26ClF2N3O. The summed E-state index contributed by atoms with van der Waals surface area (Å²) in [5.74, 6) is -0.655. The van der Waals surface area contributed by atoms with Gasteiger partial charge in [0.25, 0.3) is 0 Å². The molecule has 2 aliphatic heterocycles. The molecule has 1 unspecified atom stereocenters. The molecular weight excluding hydrogens is 348 g/mol. The zero-order valence-electron chi connectivity index (χ0n) is 14.5. The molecule has 1 aromatic rings. The van der Waals surface area contributed by atoms with Gasteiger partial charge in [0.05, 0.1) is 0 Å². The Kier molecular flexibility index (Phi) is 7.16. The minimum atomic E-state index is -0.555. The van der Waals surface area contributed by atoms with Crippen molar-refractivity contribution in [2.45, 2.75) is 25.8 Å². The van der Waals surface area contributed by atoms with Gasteiger partial charge in [0.2, 0.25) is 5.91 Å². The summed E-state index contributed by atoms with van der Waals surface area (Å²) in [6.07, 6.45) is 1.83. The van der Waals surface area contributed by atoms with Crippen molar-refractivity contribution >= 4 is 18.3 Å². The smallest absolute Gasteiger partial charge is 0.225 e. The fourth-order valence-electron chi connectivity index (χ4n) is 3.69. The van der Waals surface area contributed by atoms with Crippen LogP contribution in [0, 0.1) is 17.6 Å². The number of hydrogen-bond acceptors (Lipinski definition) is 3. The Labute approximate surface area is 154 Å². The first-order chi connectivity index (χ1) is 11.6. The molecule has 1 aromatic carbocycles. The number of hydrogen-bond donors (Lipinski definition) is 1. The monoisotopic (exact) mass is 373 g/mol. The maximum atomic E-state index is 14.0. The van der Waals surface area contributed by atoms with Crippen molar-refractivity contribution in [1.29, 1.82) is 0 Å². The van der Waals surface area contributed by atoms with Crippen molar-refractivity contribution in [2.75, 3.05) is 39.3 Å². The summed E-state index contributed by atoms with van der Waals surface area (Å²) in [4.78, 5) is 16.7. The Morgan fingerprint density at radius 2 is 1.80 bits per heavy atom. The van der Waals surface area contributed by atoms with Gasteiger partial charge in [-0.05, 0) is 38.9 Å². The number of piperazine rings is 1. The summed E-state index contributed by atoms with van der Waals surface area (Å²) >= 11 is 0. The summed E-state index contributed by atoms with van der Waals surface area (Å²) in [5.41, 5.74) is 0.509. The highest BCUT2D eigenvalue weighted by atomic mass is 35.5. The molecule has 0 bridgehead atoms. The van der Waals surface area contributed by atoms with E-state index in [2.05, 4.69) is 10.2 Å². The lowest BCUT2D eigenvalue weighted by atomic mass is 9.96. The van der Waals surface area contributed by atoms with E-state index in [4.69, 9.17) is 0 Å². The van der Waals surface area contributed by atoms with Crippen molar-refractivity contribution < 1.29 is 13.6 Å². The van der Waals surface area contributed by atoms with E-state index in [1.54, 1.807) is 0 Å². The van der Waals surface area contributed by atoms with E-state index in [1.807, 2.05) is 11.8 Å². The lowest BCUT2D eigenvalue weighted by molar-refractivity contribution is -0.138. The van der Waals surface area contributed by atoms with Gasteiger partial charge in [-0.3, -0.25) is 9.69 Å². The molecule has 140 valence electrons. The van der Waals surface area contributed by atoms with Crippen LogP contribution in [-0.2, 0) is 4.79 Å². The largest absolute Gasteiger partial charge is 0.340 e. The second-order valence-corrected chi connectivity index (χ2v) is 6.73. The molecule has 0 spiro atoms. The van der Waals surface area contributed by atoms with Gasteiger partial charge in [0.15, 0.2) is 0 Å². The first-order valence-electron chi connectivity index (χ1n) is 8.75. The number of amides is 1. The maximum absolute atomic E-state index is 14.0. The van der Waals surface area contributed by atoms with Crippen LogP contribution in [0.1, 0.15) is 31.4 Å². The number of carbonyl (C=O) groups is 1. The SMILES string of the molecule is CC(c1ccc(F)cc1F)N1CCN(C(=O)C2CCNCC2)CC1.Cl. The Morgan fingerprint density at radius 1 is 1.16 bits per heavy atom. The molecule has 2 fully saturated rings.